The lowest BCUT2D eigenvalue weighted by molar-refractivity contribution is 0.0299. The highest BCUT2D eigenvalue weighted by Gasteiger charge is 2.25. The van der Waals surface area contributed by atoms with E-state index in [-0.39, 0.29) is 17.9 Å². The van der Waals surface area contributed by atoms with E-state index >= 15 is 0 Å². The Bertz CT molecular complexity index is 774. The molecule has 27 heavy (non-hydrogen) atoms. The van der Waals surface area contributed by atoms with Crippen molar-refractivity contribution in [3.05, 3.63) is 40.1 Å². The number of morpholine rings is 1. The Morgan fingerprint density at radius 3 is 2.74 bits per heavy atom. The minimum Gasteiger partial charge on any atom is -0.378 e. The van der Waals surface area contributed by atoms with Crippen LogP contribution in [0.3, 0.4) is 0 Å². The Balaban J connectivity index is 1.74. The molecule has 0 aromatic carbocycles. The smallest absolute Gasteiger partial charge is 0.273 e. The van der Waals surface area contributed by atoms with E-state index in [4.69, 9.17) is 4.74 Å². The number of aromatic nitrogens is 3. The summed E-state index contributed by atoms with van der Waals surface area (Å²) in [6.07, 6.45) is 3.63. The normalized spacial score (nSPS) is 15.6. The molecule has 1 aliphatic heterocycles. The standard InChI is InChI=1S/C18H23N5O3S/c1-12(2)9-14(21-16(24)13-3-4-19-20-10-13)17-22-15(11-27-17)18(25)23-5-7-26-8-6-23/h3-4,10-12,14H,5-9H2,1-2H3,(H,21,24)/t14-/m1/s1. The van der Waals surface area contributed by atoms with Crippen LogP contribution in [0.15, 0.2) is 23.8 Å². The number of hydrogen-bond acceptors (Lipinski definition) is 7. The molecule has 0 spiro atoms. The highest BCUT2D eigenvalue weighted by atomic mass is 32.1. The molecule has 2 amide bonds. The Morgan fingerprint density at radius 1 is 1.30 bits per heavy atom. The molecule has 1 atom stereocenters. The van der Waals surface area contributed by atoms with E-state index in [2.05, 4.69) is 34.3 Å². The number of rotatable bonds is 6. The molecule has 2 aromatic rings. The van der Waals surface area contributed by atoms with Gasteiger partial charge in [0.1, 0.15) is 10.7 Å². The Morgan fingerprint density at radius 2 is 2.07 bits per heavy atom. The lowest BCUT2D eigenvalue weighted by Crippen LogP contribution is -2.40. The van der Waals surface area contributed by atoms with Gasteiger partial charge in [-0.2, -0.15) is 10.2 Å². The summed E-state index contributed by atoms with van der Waals surface area (Å²) in [6, 6.07) is 1.35. The van der Waals surface area contributed by atoms with Crippen molar-refractivity contribution in [1.29, 1.82) is 0 Å². The van der Waals surface area contributed by atoms with Crippen LogP contribution in [0.4, 0.5) is 0 Å². The second-order valence-corrected chi connectivity index (χ2v) is 7.65. The molecule has 1 aliphatic rings. The Labute approximate surface area is 162 Å². The van der Waals surface area contributed by atoms with Gasteiger partial charge < -0.3 is 15.0 Å². The van der Waals surface area contributed by atoms with Crippen LogP contribution < -0.4 is 5.32 Å². The minimum atomic E-state index is -0.262. The molecule has 9 heteroatoms. The van der Waals surface area contributed by atoms with E-state index in [1.165, 1.54) is 23.7 Å². The van der Waals surface area contributed by atoms with Gasteiger partial charge in [0.15, 0.2) is 0 Å². The fraction of sp³-hybridized carbons (Fsp3) is 0.500. The van der Waals surface area contributed by atoms with Gasteiger partial charge in [-0.3, -0.25) is 9.59 Å². The van der Waals surface area contributed by atoms with Crippen molar-refractivity contribution in [2.75, 3.05) is 26.3 Å². The van der Waals surface area contributed by atoms with Crippen LogP contribution in [0.2, 0.25) is 0 Å². The molecule has 3 rings (SSSR count). The summed E-state index contributed by atoms with van der Waals surface area (Å²) in [5.74, 6) is 0.0359. The fourth-order valence-electron chi connectivity index (χ4n) is 2.83. The zero-order valence-electron chi connectivity index (χ0n) is 15.4. The number of hydrogen-bond donors (Lipinski definition) is 1. The quantitative estimate of drug-likeness (QED) is 0.811. The lowest BCUT2D eigenvalue weighted by atomic mass is 10.0. The van der Waals surface area contributed by atoms with E-state index in [0.29, 0.717) is 43.5 Å². The van der Waals surface area contributed by atoms with Crippen molar-refractivity contribution < 1.29 is 14.3 Å². The van der Waals surface area contributed by atoms with Crippen LogP contribution in [-0.4, -0.2) is 58.2 Å². The highest BCUT2D eigenvalue weighted by Crippen LogP contribution is 2.25. The average molecular weight is 389 g/mol. The molecule has 0 saturated carbocycles. The van der Waals surface area contributed by atoms with Crippen molar-refractivity contribution >= 4 is 23.2 Å². The van der Waals surface area contributed by atoms with E-state index in [9.17, 15) is 9.59 Å². The van der Waals surface area contributed by atoms with Crippen LogP contribution in [0.1, 0.15) is 52.2 Å². The van der Waals surface area contributed by atoms with Gasteiger partial charge in [0.25, 0.3) is 11.8 Å². The van der Waals surface area contributed by atoms with Gasteiger partial charge in [0, 0.05) is 18.5 Å². The highest BCUT2D eigenvalue weighted by molar-refractivity contribution is 7.09. The summed E-state index contributed by atoms with van der Waals surface area (Å²) in [5, 5.41) is 12.9. The summed E-state index contributed by atoms with van der Waals surface area (Å²) in [5.41, 5.74) is 0.866. The number of amides is 2. The van der Waals surface area contributed by atoms with Gasteiger partial charge in [0.05, 0.1) is 37.2 Å². The van der Waals surface area contributed by atoms with Gasteiger partial charge in [-0.15, -0.1) is 11.3 Å². The third-order valence-electron chi connectivity index (χ3n) is 4.20. The maximum absolute atomic E-state index is 12.6. The maximum atomic E-state index is 12.6. The monoisotopic (exact) mass is 389 g/mol. The molecular weight excluding hydrogens is 366 g/mol. The topological polar surface area (TPSA) is 97.3 Å². The average Bonchev–Trinajstić information content (AvgIpc) is 3.18. The van der Waals surface area contributed by atoms with E-state index in [1.807, 2.05) is 0 Å². The second kappa shape index (κ2) is 9.01. The number of nitrogens with zero attached hydrogens (tertiary/aromatic N) is 4. The first-order chi connectivity index (χ1) is 13.0. The summed E-state index contributed by atoms with van der Waals surface area (Å²) in [4.78, 5) is 31.4. The van der Waals surface area contributed by atoms with E-state index in [0.717, 1.165) is 11.4 Å². The third kappa shape index (κ3) is 5.08. The number of ether oxygens (including phenoxy) is 1. The molecule has 3 heterocycles. The molecule has 1 saturated heterocycles. The molecule has 0 radical (unpaired) electrons. The number of carbonyl (C=O) groups excluding carboxylic acids is 2. The molecule has 0 aliphatic carbocycles. The van der Waals surface area contributed by atoms with Gasteiger partial charge >= 0.3 is 0 Å². The number of nitrogens with one attached hydrogen (secondary N) is 1. The van der Waals surface area contributed by atoms with E-state index in [1.54, 1.807) is 16.3 Å². The van der Waals surface area contributed by atoms with Crippen LogP contribution in [0.25, 0.3) is 0 Å². The van der Waals surface area contributed by atoms with Crippen LogP contribution in [-0.2, 0) is 4.74 Å². The summed E-state index contributed by atoms with van der Waals surface area (Å²) >= 11 is 1.40. The first-order valence-corrected chi connectivity index (χ1v) is 9.82. The first-order valence-electron chi connectivity index (χ1n) is 8.94. The predicted octanol–water partition coefficient (Wildman–Crippen LogP) is 1.92. The van der Waals surface area contributed by atoms with Gasteiger partial charge in [-0.05, 0) is 18.4 Å². The molecule has 1 fully saturated rings. The molecule has 0 unspecified atom stereocenters. The zero-order valence-corrected chi connectivity index (χ0v) is 16.2. The molecular formula is C18H23N5O3S. The van der Waals surface area contributed by atoms with Crippen molar-refractivity contribution in [3.8, 4) is 0 Å². The minimum absolute atomic E-state index is 0.0891. The van der Waals surface area contributed by atoms with E-state index < -0.39 is 0 Å². The Kier molecular flexibility index (Phi) is 6.46. The summed E-state index contributed by atoms with van der Waals surface area (Å²) in [6.45, 7) is 6.42. The number of thiazole rings is 1. The molecule has 2 aromatic heterocycles. The summed E-state index contributed by atoms with van der Waals surface area (Å²) < 4.78 is 5.29. The molecule has 0 bridgehead atoms. The number of carbonyl (C=O) groups is 2. The Hall–Kier alpha value is -2.39. The second-order valence-electron chi connectivity index (χ2n) is 6.76. The predicted molar refractivity (Wildman–Crippen MR) is 101 cm³/mol. The zero-order chi connectivity index (χ0) is 19.2. The van der Waals surface area contributed by atoms with Gasteiger partial charge in [0.2, 0.25) is 0 Å². The van der Waals surface area contributed by atoms with Gasteiger partial charge in [-0.1, -0.05) is 13.8 Å². The van der Waals surface area contributed by atoms with Crippen LogP contribution in [0, 0.1) is 5.92 Å². The van der Waals surface area contributed by atoms with Crippen LogP contribution >= 0.6 is 11.3 Å². The van der Waals surface area contributed by atoms with Crippen molar-refractivity contribution in [3.63, 3.8) is 0 Å². The fourth-order valence-corrected chi connectivity index (χ4v) is 3.69. The lowest BCUT2D eigenvalue weighted by Gasteiger charge is -2.26. The summed E-state index contributed by atoms with van der Waals surface area (Å²) in [7, 11) is 0. The van der Waals surface area contributed by atoms with Crippen LogP contribution in [0.5, 0.6) is 0 Å². The largest absolute Gasteiger partial charge is 0.378 e. The molecule has 1 N–H and O–H groups in total. The van der Waals surface area contributed by atoms with Crippen molar-refractivity contribution in [2.24, 2.45) is 5.92 Å². The first kappa shape index (κ1) is 19.4. The third-order valence-corrected chi connectivity index (χ3v) is 5.15. The van der Waals surface area contributed by atoms with Crippen molar-refractivity contribution in [1.82, 2.24) is 25.4 Å². The molecule has 144 valence electrons. The SMILES string of the molecule is CC(C)C[C@@H](NC(=O)c1ccnnc1)c1nc(C(=O)N2CCOCC2)cs1. The molecule has 8 nitrogen and oxygen atoms in total. The van der Waals surface area contributed by atoms with Gasteiger partial charge in [-0.25, -0.2) is 4.98 Å². The van der Waals surface area contributed by atoms with Crippen molar-refractivity contribution in [2.45, 2.75) is 26.3 Å². The maximum Gasteiger partial charge on any atom is 0.273 e.